The second kappa shape index (κ2) is 7.28. The number of primary amides is 1. The zero-order valence-corrected chi connectivity index (χ0v) is 18.8. The molecule has 3 unspecified atom stereocenters. The Morgan fingerprint density at radius 3 is 2.45 bits per heavy atom. The molecular weight excluding hydrogens is 456 g/mol. The van der Waals surface area contributed by atoms with Crippen LogP contribution < -0.4 is 5.73 Å². The number of phenols is 1. The van der Waals surface area contributed by atoms with Gasteiger partial charge in [-0.2, -0.15) is 0 Å². The molecular formula is C22H23ClN2O8. The van der Waals surface area contributed by atoms with Crippen molar-refractivity contribution in [1.29, 1.82) is 0 Å². The largest absolute Gasteiger partial charge is 0.508 e. The van der Waals surface area contributed by atoms with E-state index in [0.717, 1.165) is 0 Å². The van der Waals surface area contributed by atoms with E-state index >= 15 is 0 Å². The van der Waals surface area contributed by atoms with Crippen LogP contribution in [0, 0.1) is 11.8 Å². The Bertz CT molecular complexity index is 1160. The molecule has 33 heavy (non-hydrogen) atoms. The highest BCUT2D eigenvalue weighted by Gasteiger charge is 2.64. The summed E-state index contributed by atoms with van der Waals surface area (Å²) < 4.78 is 5.63. The molecule has 1 amide bonds. The van der Waals surface area contributed by atoms with Crippen molar-refractivity contribution in [2.45, 2.75) is 37.0 Å². The minimum absolute atomic E-state index is 0.0534. The highest BCUT2D eigenvalue weighted by atomic mass is 35.5. The topological polar surface area (TPSA) is 167 Å². The predicted molar refractivity (Wildman–Crippen MR) is 113 cm³/mol. The molecule has 3 aliphatic rings. The van der Waals surface area contributed by atoms with Crippen molar-refractivity contribution in [3.8, 4) is 5.75 Å². The van der Waals surface area contributed by atoms with Crippen LogP contribution in [0.4, 0.5) is 0 Å². The van der Waals surface area contributed by atoms with Gasteiger partial charge in [-0.05, 0) is 39.6 Å². The first kappa shape index (κ1) is 23.2. The van der Waals surface area contributed by atoms with E-state index in [1.807, 2.05) is 0 Å². The lowest BCUT2D eigenvalue weighted by Crippen LogP contribution is -2.65. The van der Waals surface area contributed by atoms with Crippen molar-refractivity contribution < 1.29 is 39.2 Å². The number of hydrogen-bond acceptors (Lipinski definition) is 9. The van der Waals surface area contributed by atoms with Crippen molar-refractivity contribution in [3.05, 3.63) is 39.6 Å². The fraction of sp³-hybridized carbons (Fsp3) is 0.455. The average Bonchev–Trinajstić information content (AvgIpc) is 2.99. The lowest BCUT2D eigenvalue weighted by Gasteiger charge is -2.50. The third kappa shape index (κ3) is 2.94. The van der Waals surface area contributed by atoms with E-state index in [4.69, 9.17) is 22.1 Å². The summed E-state index contributed by atoms with van der Waals surface area (Å²) in [6.07, 6.45) is -0.422. The van der Waals surface area contributed by atoms with Crippen molar-refractivity contribution >= 4 is 35.0 Å². The van der Waals surface area contributed by atoms with Gasteiger partial charge in [0, 0.05) is 28.8 Å². The van der Waals surface area contributed by atoms with Gasteiger partial charge < -0.3 is 25.8 Å². The molecule has 0 saturated heterocycles. The van der Waals surface area contributed by atoms with E-state index in [1.165, 1.54) is 31.1 Å². The molecule has 176 valence electrons. The minimum atomic E-state index is -2.52. The summed E-state index contributed by atoms with van der Waals surface area (Å²) in [5.74, 6) is -7.08. The first-order chi connectivity index (χ1) is 15.3. The van der Waals surface area contributed by atoms with E-state index in [2.05, 4.69) is 0 Å². The molecule has 0 aromatic heterocycles. The molecule has 5 N–H and O–H groups in total. The SMILES string of the molecule is CN(C)C1C(=O)C(C(N)=O)=C(O)[C@@]2(O)C(=O)CC([C@]3(C)OC(=O)c4c(O)ccc(Cl)c43)CC12. The summed E-state index contributed by atoms with van der Waals surface area (Å²) >= 11 is 6.35. The lowest BCUT2D eigenvalue weighted by molar-refractivity contribution is -0.166. The molecule has 1 heterocycles. The maximum atomic E-state index is 13.3. The van der Waals surface area contributed by atoms with Gasteiger partial charge in [-0.25, -0.2) is 4.79 Å². The number of halogens is 1. The molecule has 0 bridgehead atoms. The summed E-state index contributed by atoms with van der Waals surface area (Å²) in [5, 5.41) is 32.4. The zero-order chi connectivity index (χ0) is 24.6. The van der Waals surface area contributed by atoms with Crippen molar-refractivity contribution in [1.82, 2.24) is 4.90 Å². The summed E-state index contributed by atoms with van der Waals surface area (Å²) in [5.41, 5.74) is 0.581. The number of aliphatic hydroxyl groups is 2. The van der Waals surface area contributed by atoms with Gasteiger partial charge in [0.05, 0.1) is 6.04 Å². The molecule has 0 spiro atoms. The first-order valence-electron chi connectivity index (χ1n) is 10.2. The van der Waals surface area contributed by atoms with Gasteiger partial charge in [-0.15, -0.1) is 0 Å². The number of aromatic hydroxyl groups is 1. The van der Waals surface area contributed by atoms with E-state index < -0.39 is 63.9 Å². The Kier molecular flexibility index (Phi) is 5.12. The number of nitrogens with two attached hydrogens (primary N) is 1. The number of hydrogen-bond donors (Lipinski definition) is 4. The number of aliphatic hydroxyl groups excluding tert-OH is 1. The maximum Gasteiger partial charge on any atom is 0.343 e. The van der Waals surface area contributed by atoms with Crippen LogP contribution in [-0.4, -0.2) is 69.4 Å². The number of likely N-dealkylation sites (N-methyl/N-ethyl adjacent to an activating group) is 1. The fourth-order valence-electron chi connectivity index (χ4n) is 5.54. The zero-order valence-electron chi connectivity index (χ0n) is 18.1. The smallest absolute Gasteiger partial charge is 0.343 e. The molecule has 0 radical (unpaired) electrons. The van der Waals surface area contributed by atoms with Crippen LogP contribution in [0.15, 0.2) is 23.5 Å². The molecule has 2 aliphatic carbocycles. The van der Waals surface area contributed by atoms with Gasteiger partial charge in [-0.3, -0.25) is 19.3 Å². The normalized spacial score (nSPS) is 33.8. The van der Waals surface area contributed by atoms with Crippen LogP contribution in [0.3, 0.4) is 0 Å². The summed E-state index contributed by atoms with van der Waals surface area (Å²) in [6.45, 7) is 1.55. The van der Waals surface area contributed by atoms with Gasteiger partial charge in [0.15, 0.2) is 17.2 Å². The number of carbonyl (C=O) groups excluding carboxylic acids is 4. The van der Waals surface area contributed by atoms with Crippen LogP contribution in [-0.2, 0) is 24.7 Å². The Labute approximate surface area is 193 Å². The number of carbonyl (C=O) groups is 4. The highest BCUT2D eigenvalue weighted by Crippen LogP contribution is 2.55. The van der Waals surface area contributed by atoms with E-state index in [1.54, 1.807) is 6.92 Å². The number of ketones is 2. The van der Waals surface area contributed by atoms with Crippen LogP contribution >= 0.6 is 11.6 Å². The molecule has 1 aliphatic heterocycles. The van der Waals surface area contributed by atoms with Gasteiger partial charge in [-0.1, -0.05) is 11.6 Å². The standard InChI is InChI=1S/C22H23ClN2O8/c1-21(15-10(23)4-5-11(26)13(15)20(31)33-21)8-6-9-16(25(2)3)17(28)14(19(24)30)18(29)22(9,32)12(27)7-8/h4-5,8-9,16,26,29,32H,6-7H2,1-3H3,(H2,24,30)/t8?,9?,16?,21-,22-/m0/s1. The third-order valence-electron chi connectivity index (χ3n) is 7.15. The molecule has 1 aromatic carbocycles. The second-order valence-electron chi connectivity index (χ2n) is 9.11. The fourth-order valence-corrected chi connectivity index (χ4v) is 5.89. The molecule has 1 saturated carbocycles. The van der Waals surface area contributed by atoms with E-state index in [9.17, 15) is 34.5 Å². The summed E-state index contributed by atoms with van der Waals surface area (Å²) in [6, 6.07) is 1.49. The number of benzene rings is 1. The highest BCUT2D eigenvalue weighted by molar-refractivity contribution is 6.32. The Morgan fingerprint density at radius 1 is 1.24 bits per heavy atom. The second-order valence-corrected chi connectivity index (χ2v) is 9.51. The van der Waals surface area contributed by atoms with Gasteiger partial charge >= 0.3 is 5.97 Å². The number of esters is 1. The van der Waals surface area contributed by atoms with Crippen LogP contribution in [0.5, 0.6) is 5.75 Å². The Hall–Kier alpha value is -2.95. The number of nitrogens with zero attached hydrogens (tertiary/aromatic N) is 1. The summed E-state index contributed by atoms with van der Waals surface area (Å²) in [7, 11) is 3.05. The molecule has 1 fully saturated rings. The molecule has 10 nitrogen and oxygen atoms in total. The number of cyclic esters (lactones) is 1. The number of amides is 1. The number of Topliss-reactive ketones (excluding diaryl/α,β-unsaturated/α-hetero) is 2. The lowest BCUT2D eigenvalue weighted by atomic mass is 9.58. The quantitative estimate of drug-likeness (QED) is 0.358. The van der Waals surface area contributed by atoms with Gasteiger partial charge in [0.1, 0.15) is 28.2 Å². The minimum Gasteiger partial charge on any atom is -0.508 e. The molecule has 11 heteroatoms. The third-order valence-corrected chi connectivity index (χ3v) is 7.46. The maximum absolute atomic E-state index is 13.3. The Balaban J connectivity index is 1.87. The number of fused-ring (bicyclic) bond motifs is 2. The first-order valence-corrected chi connectivity index (χ1v) is 10.6. The molecule has 4 rings (SSSR count). The van der Waals surface area contributed by atoms with Crippen molar-refractivity contribution in [2.24, 2.45) is 17.6 Å². The number of ether oxygens (including phenoxy) is 1. The molecule has 5 atom stereocenters. The number of rotatable bonds is 3. The van der Waals surface area contributed by atoms with E-state index in [-0.39, 0.29) is 34.7 Å². The van der Waals surface area contributed by atoms with Gasteiger partial charge in [0.2, 0.25) is 0 Å². The van der Waals surface area contributed by atoms with Crippen molar-refractivity contribution in [2.75, 3.05) is 14.1 Å². The average molecular weight is 479 g/mol. The van der Waals surface area contributed by atoms with Crippen molar-refractivity contribution in [3.63, 3.8) is 0 Å². The molecule has 1 aromatic rings. The van der Waals surface area contributed by atoms with Gasteiger partial charge in [0.25, 0.3) is 5.91 Å². The van der Waals surface area contributed by atoms with Crippen LogP contribution in [0.2, 0.25) is 5.02 Å². The summed E-state index contributed by atoms with van der Waals surface area (Å²) in [4.78, 5) is 52.3. The van der Waals surface area contributed by atoms with E-state index in [0.29, 0.717) is 0 Å². The Morgan fingerprint density at radius 2 is 1.88 bits per heavy atom. The predicted octanol–water partition coefficient (Wildman–Crippen LogP) is 0.568. The van der Waals surface area contributed by atoms with Crippen LogP contribution in [0.1, 0.15) is 35.7 Å². The van der Waals surface area contributed by atoms with Crippen LogP contribution in [0.25, 0.3) is 0 Å². The number of phenolic OH excluding ortho intramolecular Hbond substituents is 1. The monoisotopic (exact) mass is 478 g/mol.